The molecule has 3 aromatic carbocycles. The SMILES string of the molecule is O=c1oc2ccccc2c(Sc2ccc(Cl)cc2)c1Nc1ccccc1. The van der Waals surface area contributed by atoms with Gasteiger partial charge in [0.25, 0.3) is 0 Å². The molecule has 0 aliphatic heterocycles. The van der Waals surface area contributed by atoms with Crippen LogP contribution in [0.4, 0.5) is 11.4 Å². The second-order valence-electron chi connectivity index (χ2n) is 5.64. The quantitative estimate of drug-likeness (QED) is 0.420. The highest BCUT2D eigenvalue weighted by Crippen LogP contribution is 2.38. The monoisotopic (exact) mass is 379 g/mol. The van der Waals surface area contributed by atoms with E-state index < -0.39 is 5.63 Å². The third-order valence-corrected chi connectivity index (χ3v) is 5.23. The number of para-hydroxylation sites is 2. The van der Waals surface area contributed by atoms with Crippen LogP contribution in [-0.2, 0) is 0 Å². The molecule has 0 atom stereocenters. The second kappa shape index (κ2) is 7.28. The van der Waals surface area contributed by atoms with E-state index in [9.17, 15) is 4.79 Å². The van der Waals surface area contributed by atoms with E-state index in [1.807, 2.05) is 72.8 Å². The lowest BCUT2D eigenvalue weighted by Crippen LogP contribution is -2.08. The van der Waals surface area contributed by atoms with Gasteiger partial charge in [0.2, 0.25) is 0 Å². The molecule has 4 rings (SSSR count). The first kappa shape index (κ1) is 16.8. The van der Waals surface area contributed by atoms with Gasteiger partial charge >= 0.3 is 5.63 Å². The average Bonchev–Trinajstić information content (AvgIpc) is 2.67. The maximum absolute atomic E-state index is 12.6. The van der Waals surface area contributed by atoms with Crippen molar-refractivity contribution in [3.8, 4) is 0 Å². The van der Waals surface area contributed by atoms with Crippen LogP contribution in [0.2, 0.25) is 5.02 Å². The van der Waals surface area contributed by atoms with Crippen molar-refractivity contribution in [1.29, 1.82) is 0 Å². The molecule has 0 saturated carbocycles. The number of hydrogen-bond acceptors (Lipinski definition) is 4. The van der Waals surface area contributed by atoms with Crippen LogP contribution in [0.3, 0.4) is 0 Å². The molecule has 0 spiro atoms. The molecule has 0 fully saturated rings. The molecular formula is C21H14ClNO2S. The first-order valence-electron chi connectivity index (χ1n) is 8.02. The summed E-state index contributed by atoms with van der Waals surface area (Å²) >= 11 is 7.49. The molecule has 0 unspecified atom stereocenters. The van der Waals surface area contributed by atoms with E-state index in [0.717, 1.165) is 20.9 Å². The Morgan fingerprint density at radius 1 is 0.846 bits per heavy atom. The molecule has 1 aromatic heterocycles. The highest BCUT2D eigenvalue weighted by molar-refractivity contribution is 7.99. The van der Waals surface area contributed by atoms with Crippen LogP contribution in [0.25, 0.3) is 11.0 Å². The molecule has 4 aromatic rings. The van der Waals surface area contributed by atoms with E-state index in [0.29, 0.717) is 16.3 Å². The van der Waals surface area contributed by atoms with Gasteiger partial charge < -0.3 is 9.73 Å². The number of anilines is 2. The molecule has 0 aliphatic rings. The molecule has 128 valence electrons. The topological polar surface area (TPSA) is 42.2 Å². The fourth-order valence-corrected chi connectivity index (χ4v) is 3.77. The summed E-state index contributed by atoms with van der Waals surface area (Å²) in [6.45, 7) is 0. The van der Waals surface area contributed by atoms with Crippen LogP contribution < -0.4 is 10.9 Å². The maximum atomic E-state index is 12.6. The van der Waals surface area contributed by atoms with Crippen molar-refractivity contribution in [3.05, 3.63) is 94.3 Å². The molecule has 0 aliphatic carbocycles. The molecule has 0 radical (unpaired) electrons. The molecule has 3 nitrogen and oxygen atoms in total. The summed E-state index contributed by atoms with van der Waals surface area (Å²) < 4.78 is 5.51. The Bertz CT molecular complexity index is 1110. The fraction of sp³-hybridized carbons (Fsp3) is 0. The zero-order chi connectivity index (χ0) is 17.9. The van der Waals surface area contributed by atoms with Gasteiger partial charge in [0.05, 0.1) is 4.90 Å². The maximum Gasteiger partial charge on any atom is 0.361 e. The predicted molar refractivity (Wildman–Crippen MR) is 108 cm³/mol. The van der Waals surface area contributed by atoms with Gasteiger partial charge in [0.1, 0.15) is 11.3 Å². The molecule has 26 heavy (non-hydrogen) atoms. The molecule has 5 heteroatoms. The first-order chi connectivity index (χ1) is 12.7. The highest BCUT2D eigenvalue weighted by Gasteiger charge is 2.16. The third kappa shape index (κ3) is 3.47. The molecule has 0 amide bonds. The van der Waals surface area contributed by atoms with Crippen LogP contribution in [0, 0.1) is 0 Å². The normalized spacial score (nSPS) is 10.8. The van der Waals surface area contributed by atoms with E-state index in [1.165, 1.54) is 11.8 Å². The van der Waals surface area contributed by atoms with Gasteiger partial charge in [-0.05, 0) is 42.5 Å². The zero-order valence-electron chi connectivity index (χ0n) is 13.6. The van der Waals surface area contributed by atoms with Crippen molar-refractivity contribution in [2.75, 3.05) is 5.32 Å². The number of halogens is 1. The Morgan fingerprint density at radius 3 is 2.31 bits per heavy atom. The number of benzene rings is 3. The molecule has 1 heterocycles. The number of fused-ring (bicyclic) bond motifs is 1. The van der Waals surface area contributed by atoms with Crippen molar-refractivity contribution in [2.45, 2.75) is 9.79 Å². The van der Waals surface area contributed by atoms with Crippen LogP contribution in [-0.4, -0.2) is 0 Å². The van der Waals surface area contributed by atoms with E-state index >= 15 is 0 Å². The van der Waals surface area contributed by atoms with Crippen LogP contribution in [0.1, 0.15) is 0 Å². The Labute approximate surface area is 159 Å². The molecular weight excluding hydrogens is 366 g/mol. The summed E-state index contributed by atoms with van der Waals surface area (Å²) in [6, 6.07) is 24.6. The largest absolute Gasteiger partial charge is 0.421 e. The van der Waals surface area contributed by atoms with Crippen LogP contribution in [0.5, 0.6) is 0 Å². The number of hydrogen-bond donors (Lipinski definition) is 1. The van der Waals surface area contributed by atoms with Crippen molar-refractivity contribution in [3.63, 3.8) is 0 Å². The average molecular weight is 380 g/mol. The van der Waals surface area contributed by atoms with Gasteiger partial charge in [-0.15, -0.1) is 0 Å². The Morgan fingerprint density at radius 2 is 1.54 bits per heavy atom. The smallest absolute Gasteiger partial charge is 0.361 e. The van der Waals surface area contributed by atoms with Crippen molar-refractivity contribution in [2.24, 2.45) is 0 Å². The van der Waals surface area contributed by atoms with E-state index in [2.05, 4.69) is 5.32 Å². The van der Waals surface area contributed by atoms with Gasteiger partial charge in [0, 0.05) is 21.0 Å². The summed E-state index contributed by atoms with van der Waals surface area (Å²) in [5, 5.41) is 4.77. The summed E-state index contributed by atoms with van der Waals surface area (Å²) in [6.07, 6.45) is 0. The summed E-state index contributed by atoms with van der Waals surface area (Å²) in [4.78, 5) is 14.4. The zero-order valence-corrected chi connectivity index (χ0v) is 15.2. The van der Waals surface area contributed by atoms with Crippen LogP contribution >= 0.6 is 23.4 Å². The van der Waals surface area contributed by atoms with E-state index in [1.54, 1.807) is 6.07 Å². The lowest BCUT2D eigenvalue weighted by Gasteiger charge is -2.13. The molecule has 0 saturated heterocycles. The van der Waals surface area contributed by atoms with E-state index in [4.69, 9.17) is 16.0 Å². The number of nitrogens with one attached hydrogen (secondary N) is 1. The Hall–Kier alpha value is -2.69. The minimum atomic E-state index is -0.399. The summed E-state index contributed by atoms with van der Waals surface area (Å²) in [5.74, 6) is 0. The third-order valence-electron chi connectivity index (χ3n) is 3.84. The van der Waals surface area contributed by atoms with Crippen molar-refractivity contribution >= 4 is 45.7 Å². The fourth-order valence-electron chi connectivity index (χ4n) is 2.62. The van der Waals surface area contributed by atoms with Gasteiger partial charge in [-0.25, -0.2) is 4.79 Å². The second-order valence-corrected chi connectivity index (χ2v) is 7.16. The van der Waals surface area contributed by atoms with Gasteiger partial charge in [-0.2, -0.15) is 0 Å². The summed E-state index contributed by atoms with van der Waals surface area (Å²) in [5.41, 5.74) is 1.42. The Balaban J connectivity index is 1.87. The standard InChI is InChI=1S/C21H14ClNO2S/c22-14-10-12-16(13-11-14)26-20-17-8-4-5-9-18(17)25-21(24)19(20)23-15-6-2-1-3-7-15/h1-13,23H. The Kier molecular flexibility index (Phi) is 4.69. The first-order valence-corrected chi connectivity index (χ1v) is 9.21. The predicted octanol–water partition coefficient (Wildman–Crippen LogP) is 6.34. The highest BCUT2D eigenvalue weighted by atomic mass is 35.5. The van der Waals surface area contributed by atoms with Crippen molar-refractivity contribution in [1.82, 2.24) is 0 Å². The van der Waals surface area contributed by atoms with Crippen molar-refractivity contribution < 1.29 is 4.42 Å². The minimum absolute atomic E-state index is 0.399. The van der Waals surface area contributed by atoms with Gasteiger partial charge in [0.15, 0.2) is 0 Å². The van der Waals surface area contributed by atoms with Gasteiger partial charge in [-0.3, -0.25) is 0 Å². The van der Waals surface area contributed by atoms with E-state index in [-0.39, 0.29) is 0 Å². The van der Waals surface area contributed by atoms with Gasteiger partial charge in [-0.1, -0.05) is 59.8 Å². The summed E-state index contributed by atoms with van der Waals surface area (Å²) in [7, 11) is 0. The van der Waals surface area contributed by atoms with Crippen LogP contribution in [0.15, 0.2) is 97.9 Å². The molecule has 0 bridgehead atoms. The minimum Gasteiger partial charge on any atom is -0.421 e. The number of rotatable bonds is 4. The lowest BCUT2D eigenvalue weighted by atomic mass is 10.2. The molecule has 1 N–H and O–H groups in total. The lowest BCUT2D eigenvalue weighted by molar-refractivity contribution is 0.561.